The second kappa shape index (κ2) is 14.4. The zero-order valence-corrected chi connectivity index (χ0v) is 17.8. The Kier molecular flexibility index (Phi) is 13.7. The molecule has 118 valence electrons. The molecule has 0 spiro atoms. The van der Waals surface area contributed by atoms with E-state index in [2.05, 4.69) is 86.8 Å². The predicted octanol–water partition coefficient (Wildman–Crippen LogP) is 5.04. The van der Waals surface area contributed by atoms with E-state index < -0.39 is 0 Å². The molecule has 0 saturated heterocycles. The van der Waals surface area contributed by atoms with Gasteiger partial charge in [-0.25, -0.2) is 10.8 Å². The first-order chi connectivity index (χ1) is 11.1. The fourth-order valence-electron chi connectivity index (χ4n) is 1.76. The monoisotopic (exact) mass is 448 g/mol. The van der Waals surface area contributed by atoms with Crippen molar-refractivity contribution >= 4 is 55.9 Å². The van der Waals surface area contributed by atoms with Crippen LogP contribution in [0.5, 0.6) is 0 Å². The number of hydrogen-bond acceptors (Lipinski definition) is 4. The van der Waals surface area contributed by atoms with Gasteiger partial charge in [-0.1, -0.05) is 0 Å². The van der Waals surface area contributed by atoms with Crippen LogP contribution < -0.4 is 0 Å². The molecule has 23 heavy (non-hydrogen) atoms. The Balaban J connectivity index is 0.000000704. The van der Waals surface area contributed by atoms with E-state index in [0.717, 1.165) is 0 Å². The van der Waals surface area contributed by atoms with Crippen molar-refractivity contribution in [2.75, 3.05) is 0 Å². The smallest absolute Gasteiger partial charge is 0.0554 e. The van der Waals surface area contributed by atoms with E-state index in [9.17, 15) is 0 Å². The summed E-state index contributed by atoms with van der Waals surface area (Å²) in [6.45, 7) is 4.30. The molecular weight excluding hydrogens is 427 g/mol. The number of rotatable bonds is 4. The zero-order valence-electron chi connectivity index (χ0n) is 13.3. The molecule has 0 fully saturated rings. The van der Waals surface area contributed by atoms with Crippen molar-refractivity contribution in [2.24, 2.45) is 0 Å². The van der Waals surface area contributed by atoms with Gasteiger partial charge in [0, 0.05) is 0 Å². The van der Waals surface area contributed by atoms with Crippen LogP contribution in [-0.4, -0.2) is 31.5 Å². The molecule has 0 saturated carbocycles. The molecule has 0 amide bonds. The van der Waals surface area contributed by atoms with E-state index >= 15 is 0 Å². The third kappa shape index (κ3) is 12.0. The SMILES string of the molecule is Cc1ccc([CH2][Sn][CH2]c2ccc(C)cc2)cc1.N=C=S.N=C=S. The number of nitrogens with one attached hydrogen (secondary N) is 2. The molecule has 2 radical (unpaired) electrons. The van der Waals surface area contributed by atoms with Gasteiger partial charge < -0.3 is 0 Å². The molecule has 0 aliphatic rings. The van der Waals surface area contributed by atoms with Crippen molar-refractivity contribution in [1.29, 1.82) is 10.8 Å². The van der Waals surface area contributed by atoms with Gasteiger partial charge in [0.1, 0.15) is 0 Å². The van der Waals surface area contributed by atoms with E-state index in [-0.39, 0.29) is 21.1 Å². The van der Waals surface area contributed by atoms with Crippen LogP contribution in [0.1, 0.15) is 22.3 Å². The minimum absolute atomic E-state index is 0.287. The Labute approximate surface area is 159 Å². The normalized spacial score (nSPS) is 8.43. The molecule has 0 aromatic heterocycles. The van der Waals surface area contributed by atoms with Crippen LogP contribution in [0, 0.1) is 24.7 Å². The first-order valence-electron chi connectivity index (χ1n) is 6.97. The number of isothiocyanates is 2. The average molecular weight is 447 g/mol. The fourth-order valence-corrected chi connectivity index (χ4v) is 5.11. The van der Waals surface area contributed by atoms with Crippen molar-refractivity contribution in [3.05, 3.63) is 70.8 Å². The van der Waals surface area contributed by atoms with Crippen molar-refractivity contribution in [3.8, 4) is 0 Å². The van der Waals surface area contributed by atoms with E-state index in [1.165, 1.54) is 31.1 Å². The minimum atomic E-state index is -0.287. The van der Waals surface area contributed by atoms with Crippen LogP contribution in [0.3, 0.4) is 0 Å². The summed E-state index contributed by atoms with van der Waals surface area (Å²) in [5.41, 5.74) is 5.76. The first kappa shape index (κ1) is 21.8. The van der Waals surface area contributed by atoms with Gasteiger partial charge in [-0.15, -0.1) is 0 Å². The quantitative estimate of drug-likeness (QED) is 0.392. The second-order valence-electron chi connectivity index (χ2n) is 4.78. The summed E-state index contributed by atoms with van der Waals surface area (Å²) in [5.74, 6) is 0. The summed E-state index contributed by atoms with van der Waals surface area (Å²) in [6.07, 6.45) is 0. The Hall–Kier alpha value is -1.16. The molecule has 0 heterocycles. The number of hydrogen-bond donors (Lipinski definition) is 2. The zero-order chi connectivity index (χ0) is 17.5. The number of thiocarbonyl (C=S) groups is 2. The molecule has 0 unspecified atom stereocenters. The molecule has 5 heteroatoms. The summed E-state index contributed by atoms with van der Waals surface area (Å²) >= 11 is 7.33. The third-order valence-electron chi connectivity index (χ3n) is 2.90. The summed E-state index contributed by atoms with van der Waals surface area (Å²) in [7, 11) is 0. The van der Waals surface area contributed by atoms with E-state index in [1.807, 2.05) is 0 Å². The average Bonchev–Trinajstić information content (AvgIpc) is 2.53. The second-order valence-corrected chi connectivity index (χ2v) is 8.63. The minimum Gasteiger partial charge on any atom is -0.248 e. The molecule has 2 aromatic carbocycles. The van der Waals surface area contributed by atoms with Gasteiger partial charge in [-0.3, -0.25) is 0 Å². The maximum atomic E-state index is 5.77. The molecule has 0 bridgehead atoms. The number of benzene rings is 2. The van der Waals surface area contributed by atoms with Gasteiger partial charge >= 0.3 is 115 Å². The van der Waals surface area contributed by atoms with Crippen molar-refractivity contribution in [2.45, 2.75) is 22.7 Å². The summed E-state index contributed by atoms with van der Waals surface area (Å²) in [6, 6.07) is 18.0. The Bertz CT molecular complexity index is 568. The Morgan fingerprint density at radius 2 is 1.00 bits per heavy atom. The van der Waals surface area contributed by atoms with Crippen LogP contribution in [-0.2, 0) is 8.87 Å². The van der Waals surface area contributed by atoms with Gasteiger partial charge in [-0.2, -0.15) is 0 Å². The molecular formula is C18H20N2S2Sn. The van der Waals surface area contributed by atoms with Crippen LogP contribution in [0.2, 0.25) is 0 Å². The van der Waals surface area contributed by atoms with E-state index in [4.69, 9.17) is 10.8 Å². The molecule has 0 aliphatic carbocycles. The van der Waals surface area contributed by atoms with Gasteiger partial charge in [0.15, 0.2) is 0 Å². The van der Waals surface area contributed by atoms with Gasteiger partial charge in [0.25, 0.3) is 0 Å². The van der Waals surface area contributed by atoms with Crippen LogP contribution >= 0.6 is 24.4 Å². The first-order valence-corrected chi connectivity index (χ1v) is 11.8. The maximum absolute atomic E-state index is 5.77. The largest absolute Gasteiger partial charge is 0.248 e. The summed E-state index contributed by atoms with van der Waals surface area (Å²) < 4.78 is 2.69. The summed E-state index contributed by atoms with van der Waals surface area (Å²) in [5, 5.41) is 14.7. The van der Waals surface area contributed by atoms with E-state index in [0.29, 0.717) is 0 Å². The van der Waals surface area contributed by atoms with Crippen LogP contribution in [0.15, 0.2) is 48.5 Å². The molecule has 2 rings (SSSR count). The van der Waals surface area contributed by atoms with Crippen LogP contribution in [0.25, 0.3) is 0 Å². The van der Waals surface area contributed by atoms with Crippen LogP contribution in [0.4, 0.5) is 0 Å². The van der Waals surface area contributed by atoms with E-state index in [1.54, 1.807) is 10.3 Å². The standard InChI is InChI=1S/2C8H9.2CHNS.Sn/c2*1-7-3-5-8(2)6-4-7;2*2-1-3;/h2*3-6H,1H2,2H3;2*2H;. The predicted molar refractivity (Wildman–Crippen MR) is 106 cm³/mol. The Morgan fingerprint density at radius 3 is 1.26 bits per heavy atom. The molecule has 2 nitrogen and oxygen atoms in total. The molecule has 2 aromatic rings. The molecule has 0 atom stereocenters. The summed E-state index contributed by atoms with van der Waals surface area (Å²) in [4.78, 5) is 0. The fraction of sp³-hybridized carbons (Fsp3) is 0.222. The van der Waals surface area contributed by atoms with Crippen molar-refractivity contribution < 1.29 is 0 Å². The molecule has 0 aliphatic heterocycles. The number of aryl methyl sites for hydroxylation is 2. The maximum Gasteiger partial charge on any atom is 0.0554 e. The topological polar surface area (TPSA) is 47.7 Å². The third-order valence-corrected chi connectivity index (χ3v) is 6.66. The van der Waals surface area contributed by atoms with Gasteiger partial charge in [0.2, 0.25) is 0 Å². The Morgan fingerprint density at radius 1 is 0.739 bits per heavy atom. The van der Waals surface area contributed by atoms with Crippen molar-refractivity contribution in [3.63, 3.8) is 0 Å². The molecule has 2 N–H and O–H groups in total. The van der Waals surface area contributed by atoms with Crippen molar-refractivity contribution in [1.82, 2.24) is 0 Å². The van der Waals surface area contributed by atoms with Gasteiger partial charge in [0.05, 0.1) is 10.3 Å². The van der Waals surface area contributed by atoms with Gasteiger partial charge in [-0.05, 0) is 24.4 Å².